The van der Waals surface area contributed by atoms with Crippen LogP contribution in [0.15, 0.2) is 30.3 Å². The van der Waals surface area contributed by atoms with E-state index in [1.807, 2.05) is 30.3 Å². The fourth-order valence-electron chi connectivity index (χ4n) is 4.55. The Kier molecular flexibility index (Phi) is 8.31. The number of amides is 1. The monoisotopic (exact) mass is 387 g/mol. The summed E-state index contributed by atoms with van der Waals surface area (Å²) >= 11 is 0. The molecule has 3 rings (SSSR count). The summed E-state index contributed by atoms with van der Waals surface area (Å²) in [5, 5.41) is 17.0. The van der Waals surface area contributed by atoms with Gasteiger partial charge in [-0.15, -0.1) is 0 Å². The van der Waals surface area contributed by atoms with Gasteiger partial charge in [0.25, 0.3) is 0 Å². The molecule has 1 aromatic rings. The summed E-state index contributed by atoms with van der Waals surface area (Å²) in [4.78, 5) is 14.7. The molecule has 2 aliphatic rings. The van der Waals surface area contributed by atoms with Gasteiger partial charge in [-0.2, -0.15) is 0 Å². The molecule has 3 unspecified atom stereocenters. The van der Waals surface area contributed by atoms with Gasteiger partial charge in [0.15, 0.2) is 0 Å². The smallest absolute Gasteiger partial charge is 0.220 e. The third-order valence-corrected chi connectivity index (χ3v) is 6.56. The summed E-state index contributed by atoms with van der Waals surface area (Å²) in [7, 11) is 0. The Balaban J connectivity index is 1.31. The number of hydrogen-bond acceptors (Lipinski definition) is 4. The van der Waals surface area contributed by atoms with Crippen LogP contribution in [0.5, 0.6) is 0 Å². The Morgan fingerprint density at radius 1 is 1.25 bits per heavy atom. The molecule has 0 radical (unpaired) electrons. The number of rotatable bonds is 8. The fourth-order valence-corrected chi connectivity index (χ4v) is 4.55. The first-order valence-electron chi connectivity index (χ1n) is 11.0. The van der Waals surface area contributed by atoms with Crippen molar-refractivity contribution in [1.29, 1.82) is 0 Å². The first kappa shape index (κ1) is 21.3. The van der Waals surface area contributed by atoms with Gasteiger partial charge < -0.3 is 20.6 Å². The van der Waals surface area contributed by atoms with Crippen molar-refractivity contribution in [1.82, 2.24) is 15.5 Å². The van der Waals surface area contributed by atoms with Crippen molar-refractivity contribution in [3.05, 3.63) is 35.9 Å². The molecule has 1 aromatic carbocycles. The highest BCUT2D eigenvalue weighted by molar-refractivity contribution is 5.76. The number of aliphatic hydroxyl groups excluding tert-OH is 1. The maximum atomic E-state index is 12.3. The van der Waals surface area contributed by atoms with E-state index in [4.69, 9.17) is 0 Å². The number of carbonyl (C=O) groups is 1. The average molecular weight is 388 g/mol. The number of likely N-dealkylation sites (tertiary alicyclic amines) is 1. The summed E-state index contributed by atoms with van der Waals surface area (Å²) in [5.41, 5.74) is 0.985. The largest absolute Gasteiger partial charge is 0.387 e. The Morgan fingerprint density at radius 3 is 2.68 bits per heavy atom. The maximum absolute atomic E-state index is 12.3. The highest BCUT2D eigenvalue weighted by Gasteiger charge is 2.24. The topological polar surface area (TPSA) is 64.6 Å². The number of benzene rings is 1. The number of aliphatic hydroxyl groups is 1. The average Bonchev–Trinajstić information content (AvgIpc) is 2.74. The lowest BCUT2D eigenvalue weighted by Crippen LogP contribution is -2.41. The first-order chi connectivity index (χ1) is 13.6. The van der Waals surface area contributed by atoms with Crippen molar-refractivity contribution >= 4 is 5.91 Å². The van der Waals surface area contributed by atoms with Gasteiger partial charge in [-0.1, -0.05) is 37.3 Å². The van der Waals surface area contributed by atoms with Crippen LogP contribution in [0.1, 0.15) is 50.7 Å². The zero-order valence-electron chi connectivity index (χ0n) is 17.3. The minimum Gasteiger partial charge on any atom is -0.387 e. The van der Waals surface area contributed by atoms with Crippen LogP contribution in [0.3, 0.4) is 0 Å². The molecule has 2 heterocycles. The molecule has 0 aliphatic carbocycles. The Labute approximate surface area is 169 Å². The van der Waals surface area contributed by atoms with E-state index in [9.17, 15) is 9.90 Å². The molecule has 3 N–H and O–H groups in total. The van der Waals surface area contributed by atoms with Crippen LogP contribution in [-0.2, 0) is 4.79 Å². The van der Waals surface area contributed by atoms with E-state index in [2.05, 4.69) is 22.5 Å². The Morgan fingerprint density at radius 2 is 2.00 bits per heavy atom. The van der Waals surface area contributed by atoms with E-state index in [-0.39, 0.29) is 5.91 Å². The van der Waals surface area contributed by atoms with Crippen molar-refractivity contribution in [2.45, 2.75) is 45.1 Å². The summed E-state index contributed by atoms with van der Waals surface area (Å²) in [6.07, 6.45) is 4.87. The van der Waals surface area contributed by atoms with Crippen molar-refractivity contribution in [3.8, 4) is 0 Å². The molecule has 3 atom stereocenters. The normalized spacial score (nSPS) is 23.9. The fraction of sp³-hybridized carbons (Fsp3) is 0.696. The molecule has 0 aromatic heterocycles. The SMILES string of the molecule is CC(CC(=O)NCC1CCN(CC(O)c2ccccc2)CC1)C1CCCNC1. The lowest BCUT2D eigenvalue weighted by Gasteiger charge is -2.33. The molecule has 156 valence electrons. The van der Waals surface area contributed by atoms with E-state index in [0.717, 1.165) is 51.1 Å². The minimum absolute atomic E-state index is 0.208. The molecule has 28 heavy (non-hydrogen) atoms. The summed E-state index contributed by atoms with van der Waals surface area (Å²) in [6, 6.07) is 9.88. The second-order valence-corrected chi connectivity index (χ2v) is 8.76. The maximum Gasteiger partial charge on any atom is 0.220 e. The van der Waals surface area contributed by atoms with Crippen LogP contribution in [0.2, 0.25) is 0 Å². The standard InChI is InChI=1S/C23H37N3O2/c1-18(21-8-5-11-24-16-21)14-23(28)25-15-19-9-12-26(13-10-19)17-22(27)20-6-3-2-4-7-20/h2-4,6-7,18-19,21-22,24,27H,5,8-17H2,1H3,(H,25,28). The van der Waals surface area contributed by atoms with Crippen LogP contribution in [0.25, 0.3) is 0 Å². The first-order valence-corrected chi connectivity index (χ1v) is 11.0. The molecule has 5 heteroatoms. The van der Waals surface area contributed by atoms with Crippen LogP contribution >= 0.6 is 0 Å². The van der Waals surface area contributed by atoms with E-state index in [0.29, 0.717) is 30.7 Å². The molecule has 2 saturated heterocycles. The summed E-state index contributed by atoms with van der Waals surface area (Å²) in [6.45, 7) is 7.87. The van der Waals surface area contributed by atoms with Crippen molar-refractivity contribution < 1.29 is 9.90 Å². The van der Waals surface area contributed by atoms with Crippen LogP contribution in [0, 0.1) is 17.8 Å². The van der Waals surface area contributed by atoms with Crippen LogP contribution in [-0.4, -0.2) is 55.2 Å². The number of piperidine rings is 2. The van der Waals surface area contributed by atoms with Gasteiger partial charge in [0.1, 0.15) is 0 Å². The zero-order valence-corrected chi connectivity index (χ0v) is 17.3. The predicted molar refractivity (Wildman–Crippen MR) is 113 cm³/mol. The Hall–Kier alpha value is -1.43. The van der Waals surface area contributed by atoms with Gasteiger partial charge in [-0.05, 0) is 75.2 Å². The molecular weight excluding hydrogens is 350 g/mol. The predicted octanol–water partition coefficient (Wildman–Crippen LogP) is 2.57. The number of nitrogens with one attached hydrogen (secondary N) is 2. The lowest BCUT2D eigenvalue weighted by molar-refractivity contribution is -0.122. The molecule has 0 spiro atoms. The quantitative estimate of drug-likeness (QED) is 0.641. The molecular formula is C23H37N3O2. The van der Waals surface area contributed by atoms with Gasteiger partial charge in [0, 0.05) is 19.5 Å². The summed E-state index contributed by atoms with van der Waals surface area (Å²) < 4.78 is 0. The minimum atomic E-state index is -0.423. The zero-order chi connectivity index (χ0) is 19.8. The third kappa shape index (κ3) is 6.57. The second-order valence-electron chi connectivity index (χ2n) is 8.76. The van der Waals surface area contributed by atoms with E-state index in [1.54, 1.807) is 0 Å². The number of hydrogen-bond donors (Lipinski definition) is 3. The van der Waals surface area contributed by atoms with Gasteiger partial charge in [-0.3, -0.25) is 4.79 Å². The molecule has 1 amide bonds. The second kappa shape index (κ2) is 10.9. The number of nitrogens with zero attached hydrogens (tertiary/aromatic N) is 1. The van der Waals surface area contributed by atoms with E-state index < -0.39 is 6.10 Å². The lowest BCUT2D eigenvalue weighted by atomic mass is 9.85. The van der Waals surface area contributed by atoms with Crippen molar-refractivity contribution in [2.75, 3.05) is 39.3 Å². The van der Waals surface area contributed by atoms with E-state index in [1.165, 1.54) is 12.8 Å². The molecule has 2 fully saturated rings. The summed E-state index contributed by atoms with van der Waals surface area (Å²) in [5.74, 6) is 1.86. The highest BCUT2D eigenvalue weighted by Crippen LogP contribution is 2.23. The molecule has 0 bridgehead atoms. The van der Waals surface area contributed by atoms with Gasteiger partial charge in [0.2, 0.25) is 5.91 Å². The van der Waals surface area contributed by atoms with Crippen LogP contribution in [0.4, 0.5) is 0 Å². The highest BCUT2D eigenvalue weighted by atomic mass is 16.3. The van der Waals surface area contributed by atoms with Crippen molar-refractivity contribution in [2.24, 2.45) is 17.8 Å². The van der Waals surface area contributed by atoms with Crippen molar-refractivity contribution in [3.63, 3.8) is 0 Å². The number of carbonyl (C=O) groups excluding carboxylic acids is 1. The molecule has 0 saturated carbocycles. The number of β-amino-alcohol motifs (C(OH)–C–C–N with tert-alkyl or cyclic N) is 1. The molecule has 5 nitrogen and oxygen atoms in total. The third-order valence-electron chi connectivity index (χ3n) is 6.56. The van der Waals surface area contributed by atoms with Gasteiger partial charge >= 0.3 is 0 Å². The van der Waals surface area contributed by atoms with Gasteiger partial charge in [-0.25, -0.2) is 0 Å². The molecule has 2 aliphatic heterocycles. The van der Waals surface area contributed by atoms with Crippen LogP contribution < -0.4 is 10.6 Å². The van der Waals surface area contributed by atoms with E-state index >= 15 is 0 Å². The van der Waals surface area contributed by atoms with Gasteiger partial charge in [0.05, 0.1) is 6.10 Å². The Bertz CT molecular complexity index is 581.